The van der Waals surface area contributed by atoms with Gasteiger partial charge in [0.25, 0.3) is 5.91 Å². The Hall–Kier alpha value is -4.41. The van der Waals surface area contributed by atoms with Gasteiger partial charge in [-0.1, -0.05) is 64.5 Å². The highest BCUT2D eigenvalue weighted by molar-refractivity contribution is 9.10. The van der Waals surface area contributed by atoms with Crippen LogP contribution in [0.15, 0.2) is 82.3 Å². The van der Waals surface area contributed by atoms with Gasteiger partial charge in [-0.25, -0.2) is 0 Å². The van der Waals surface area contributed by atoms with Gasteiger partial charge < -0.3 is 10.1 Å². The van der Waals surface area contributed by atoms with Gasteiger partial charge in [-0.3, -0.25) is 19.1 Å². The van der Waals surface area contributed by atoms with Crippen molar-refractivity contribution >= 4 is 44.9 Å². The lowest BCUT2D eigenvalue weighted by Gasteiger charge is -2.15. The Balaban J connectivity index is 1.28. The number of ether oxygens (including phenoxy) is 1. The van der Waals surface area contributed by atoms with Crippen LogP contribution in [0.4, 0.5) is 0 Å². The quantitative estimate of drug-likeness (QED) is 0.178. The van der Waals surface area contributed by atoms with E-state index in [2.05, 4.69) is 69.6 Å². The van der Waals surface area contributed by atoms with E-state index in [-0.39, 0.29) is 24.3 Å². The molecule has 3 aromatic carbocycles. The Morgan fingerprint density at radius 2 is 1.56 bits per heavy atom. The van der Waals surface area contributed by atoms with Crippen molar-refractivity contribution in [3.63, 3.8) is 0 Å². The van der Waals surface area contributed by atoms with Gasteiger partial charge in [0.1, 0.15) is 16.9 Å². The molecule has 0 unspecified atom stereocenters. The number of esters is 1. The Morgan fingerprint density at radius 1 is 0.933 bits per heavy atom. The lowest BCUT2D eigenvalue weighted by atomic mass is 9.96. The largest absolute Gasteiger partial charge is 0.469 e. The molecule has 0 bridgehead atoms. The van der Waals surface area contributed by atoms with Gasteiger partial charge in [-0.15, -0.1) is 21.5 Å². The highest BCUT2D eigenvalue weighted by Gasteiger charge is 2.32. The molecule has 8 nitrogen and oxygen atoms in total. The van der Waals surface area contributed by atoms with Crippen LogP contribution in [-0.2, 0) is 9.53 Å². The van der Waals surface area contributed by atoms with Gasteiger partial charge in [0, 0.05) is 26.0 Å². The Kier molecular flexibility index (Phi) is 8.52. The SMILES string of the molecule is COC(=O)C[C@@H]1N=C(c2ccc(-c3ccc(C(=O)N[C@H](C)c4ccc(Br)cc4)cc3)cc2)c2c(sc(C)c2C)-n2c(C)nnc21. The van der Waals surface area contributed by atoms with Crippen molar-refractivity contribution in [2.45, 2.75) is 46.2 Å². The number of rotatable bonds is 7. The summed E-state index contributed by atoms with van der Waals surface area (Å²) >= 11 is 5.13. The van der Waals surface area contributed by atoms with Crippen LogP contribution in [0.3, 0.4) is 0 Å². The van der Waals surface area contributed by atoms with E-state index >= 15 is 0 Å². The predicted octanol–water partition coefficient (Wildman–Crippen LogP) is 7.63. The minimum absolute atomic E-state index is 0.0605. The van der Waals surface area contributed by atoms with Crippen LogP contribution in [0, 0.1) is 20.8 Å². The normalized spacial score (nSPS) is 14.5. The zero-order valence-electron chi connectivity index (χ0n) is 25.6. The predicted molar refractivity (Wildman–Crippen MR) is 180 cm³/mol. The van der Waals surface area contributed by atoms with Crippen molar-refractivity contribution in [3.8, 4) is 16.1 Å². The molecule has 0 saturated heterocycles. The summed E-state index contributed by atoms with van der Waals surface area (Å²) in [4.78, 5) is 31.7. The molecule has 0 radical (unpaired) electrons. The van der Waals surface area contributed by atoms with Crippen LogP contribution >= 0.6 is 27.3 Å². The minimum Gasteiger partial charge on any atom is -0.469 e. The summed E-state index contributed by atoms with van der Waals surface area (Å²) < 4.78 is 8.02. The summed E-state index contributed by atoms with van der Waals surface area (Å²) in [6, 6.07) is 23.1. The summed E-state index contributed by atoms with van der Waals surface area (Å²) in [6.45, 7) is 8.09. The molecular weight excluding hydrogens is 650 g/mol. The third-order valence-electron chi connectivity index (χ3n) is 8.18. The summed E-state index contributed by atoms with van der Waals surface area (Å²) in [5.41, 5.74) is 7.55. The number of hydrogen-bond acceptors (Lipinski definition) is 7. The molecule has 0 aliphatic carbocycles. The van der Waals surface area contributed by atoms with E-state index in [1.54, 1.807) is 11.3 Å². The van der Waals surface area contributed by atoms with Crippen LogP contribution in [0.1, 0.15) is 74.6 Å². The summed E-state index contributed by atoms with van der Waals surface area (Å²) in [5, 5.41) is 12.8. The zero-order valence-corrected chi connectivity index (χ0v) is 28.0. The highest BCUT2D eigenvalue weighted by atomic mass is 79.9. The summed E-state index contributed by atoms with van der Waals surface area (Å²) in [5.74, 6) is 0.892. The van der Waals surface area contributed by atoms with E-state index in [1.165, 1.54) is 12.0 Å². The fourth-order valence-electron chi connectivity index (χ4n) is 5.52. The first-order valence-corrected chi connectivity index (χ1v) is 16.2. The Morgan fingerprint density at radius 3 is 2.20 bits per heavy atom. The van der Waals surface area contributed by atoms with Gasteiger partial charge in [-0.2, -0.15) is 0 Å². The number of methoxy groups -OCH3 is 1. The first-order valence-electron chi connectivity index (χ1n) is 14.6. The summed E-state index contributed by atoms with van der Waals surface area (Å²) in [7, 11) is 1.38. The van der Waals surface area contributed by atoms with Gasteiger partial charge in [0.05, 0.1) is 25.3 Å². The molecule has 2 aromatic heterocycles. The number of amides is 1. The Bertz CT molecular complexity index is 1930. The van der Waals surface area contributed by atoms with Crippen molar-refractivity contribution in [2.24, 2.45) is 4.99 Å². The average Bonchev–Trinajstić information content (AvgIpc) is 3.53. The molecule has 1 amide bonds. The first-order chi connectivity index (χ1) is 21.6. The summed E-state index contributed by atoms with van der Waals surface area (Å²) in [6.07, 6.45) is 0.0605. The number of aryl methyl sites for hydroxylation is 2. The zero-order chi connectivity index (χ0) is 31.8. The molecule has 1 aliphatic heterocycles. The molecule has 45 heavy (non-hydrogen) atoms. The van der Waals surface area contributed by atoms with Crippen LogP contribution in [0.25, 0.3) is 16.1 Å². The molecule has 0 spiro atoms. The fourth-order valence-corrected chi connectivity index (χ4v) is 6.99. The molecule has 0 fully saturated rings. The molecule has 10 heteroatoms. The maximum atomic E-state index is 12.9. The molecule has 6 rings (SSSR count). The lowest BCUT2D eigenvalue weighted by molar-refractivity contribution is -0.141. The molecule has 1 N–H and O–H groups in total. The van der Waals surface area contributed by atoms with Crippen LogP contribution < -0.4 is 5.32 Å². The fraction of sp³-hybridized carbons (Fsp3) is 0.229. The third-order valence-corrected chi connectivity index (χ3v) is 9.90. The van der Waals surface area contributed by atoms with Crippen molar-refractivity contribution in [1.82, 2.24) is 20.1 Å². The standard InChI is InChI=1S/C35H32BrN5O3S/c1-19-21(3)45-35-31(19)32(38-29(18-30(42)44-5)33-40-39-22(4)41(33)35)26-10-6-24(7-11-26)25-8-12-27(13-9-25)34(43)37-20(2)23-14-16-28(36)17-15-23/h6-17,20,29H,18H2,1-5H3,(H,37,43)/t20-,29+/m1/s1. The molecule has 3 heterocycles. The van der Waals surface area contributed by atoms with Crippen LogP contribution in [0.5, 0.6) is 0 Å². The van der Waals surface area contributed by atoms with E-state index in [4.69, 9.17) is 9.73 Å². The van der Waals surface area contributed by atoms with E-state index in [0.29, 0.717) is 11.4 Å². The topological polar surface area (TPSA) is 98.5 Å². The highest BCUT2D eigenvalue weighted by Crippen LogP contribution is 2.39. The number of aliphatic imine (C=N–C) groups is 1. The lowest BCUT2D eigenvalue weighted by Crippen LogP contribution is -2.26. The molecule has 1 aliphatic rings. The van der Waals surface area contributed by atoms with Crippen molar-refractivity contribution in [3.05, 3.63) is 122 Å². The number of hydrogen-bond donors (Lipinski definition) is 1. The van der Waals surface area contributed by atoms with Crippen molar-refractivity contribution in [2.75, 3.05) is 7.11 Å². The molecule has 2 atom stereocenters. The minimum atomic E-state index is -0.544. The number of nitrogens with zero attached hydrogens (tertiary/aromatic N) is 4. The maximum Gasteiger partial charge on any atom is 0.308 e. The molecule has 5 aromatic rings. The van der Waals surface area contributed by atoms with E-state index < -0.39 is 6.04 Å². The van der Waals surface area contributed by atoms with Crippen LogP contribution in [-0.4, -0.2) is 39.5 Å². The number of carbonyl (C=O) groups is 2. The number of benzene rings is 3. The smallest absolute Gasteiger partial charge is 0.308 e. The first kappa shape index (κ1) is 30.6. The second kappa shape index (κ2) is 12.5. The monoisotopic (exact) mass is 681 g/mol. The number of aromatic nitrogens is 3. The van der Waals surface area contributed by atoms with Crippen molar-refractivity contribution in [1.29, 1.82) is 0 Å². The maximum absolute atomic E-state index is 12.9. The van der Waals surface area contributed by atoms with Gasteiger partial charge in [0.2, 0.25) is 0 Å². The molecule has 228 valence electrons. The van der Waals surface area contributed by atoms with Gasteiger partial charge in [0.15, 0.2) is 5.82 Å². The van der Waals surface area contributed by atoms with E-state index in [1.807, 2.05) is 66.9 Å². The van der Waals surface area contributed by atoms with E-state index in [0.717, 1.165) is 54.4 Å². The number of halogens is 1. The van der Waals surface area contributed by atoms with Gasteiger partial charge in [-0.05, 0) is 74.2 Å². The average molecular weight is 683 g/mol. The second-order valence-corrected chi connectivity index (χ2v) is 13.2. The van der Waals surface area contributed by atoms with Crippen LogP contribution in [0.2, 0.25) is 0 Å². The third kappa shape index (κ3) is 6.00. The van der Waals surface area contributed by atoms with E-state index in [9.17, 15) is 9.59 Å². The second-order valence-electron chi connectivity index (χ2n) is 11.1. The number of thiophene rings is 1. The molecular formula is C35H32BrN5O3S. The number of carbonyl (C=O) groups excluding carboxylic acids is 2. The van der Waals surface area contributed by atoms with Crippen molar-refractivity contribution < 1.29 is 14.3 Å². The van der Waals surface area contributed by atoms with Gasteiger partial charge >= 0.3 is 5.97 Å². The number of fused-ring (bicyclic) bond motifs is 3. The number of nitrogens with one attached hydrogen (secondary N) is 1. The molecule has 0 saturated carbocycles. The Labute approximate surface area is 274 Å².